The van der Waals surface area contributed by atoms with Crippen LogP contribution in [0.2, 0.25) is 0 Å². The third-order valence-corrected chi connectivity index (χ3v) is 3.34. The van der Waals surface area contributed by atoms with Crippen LogP contribution >= 0.6 is 0 Å². The van der Waals surface area contributed by atoms with E-state index in [1.54, 1.807) is 0 Å². The van der Waals surface area contributed by atoms with Crippen LogP contribution in [0.4, 0.5) is 10.1 Å². The Morgan fingerprint density at radius 3 is 2.57 bits per heavy atom. The molecule has 0 fully saturated rings. The van der Waals surface area contributed by atoms with Gasteiger partial charge in [-0.3, -0.25) is 4.79 Å². The monoisotopic (exact) mass is 296 g/mol. The number of carboxylic acid groups (broad SMARTS) is 1. The van der Waals surface area contributed by atoms with Gasteiger partial charge in [0, 0.05) is 6.42 Å². The maximum absolute atomic E-state index is 13.2. The minimum atomic E-state index is -1.21. The molecule has 0 bridgehead atoms. The van der Waals surface area contributed by atoms with Crippen molar-refractivity contribution in [1.29, 1.82) is 0 Å². The fourth-order valence-electron chi connectivity index (χ4n) is 1.99. The molecule has 1 aromatic rings. The fourth-order valence-corrected chi connectivity index (χ4v) is 1.99. The van der Waals surface area contributed by atoms with E-state index in [2.05, 4.69) is 5.32 Å². The lowest BCUT2D eigenvalue weighted by atomic mass is 9.84. The Morgan fingerprint density at radius 2 is 2.00 bits per heavy atom. The van der Waals surface area contributed by atoms with E-state index in [4.69, 9.17) is 10.8 Å². The van der Waals surface area contributed by atoms with E-state index in [1.807, 2.05) is 13.8 Å². The lowest BCUT2D eigenvalue weighted by molar-refractivity contribution is -0.116. The molecule has 0 radical (unpaired) electrons. The first-order valence-corrected chi connectivity index (χ1v) is 6.78. The van der Waals surface area contributed by atoms with Crippen LogP contribution in [0.25, 0.3) is 0 Å². The van der Waals surface area contributed by atoms with Crippen molar-refractivity contribution in [2.75, 3.05) is 11.9 Å². The summed E-state index contributed by atoms with van der Waals surface area (Å²) in [5.41, 5.74) is 5.28. The van der Waals surface area contributed by atoms with E-state index in [1.165, 1.54) is 0 Å². The van der Waals surface area contributed by atoms with Gasteiger partial charge in [0.05, 0.1) is 11.3 Å². The Hall–Kier alpha value is -1.95. The first-order valence-electron chi connectivity index (χ1n) is 6.78. The molecular weight excluding hydrogens is 275 g/mol. The zero-order valence-corrected chi connectivity index (χ0v) is 12.3. The number of hydrogen-bond acceptors (Lipinski definition) is 3. The van der Waals surface area contributed by atoms with E-state index in [9.17, 15) is 14.0 Å². The van der Waals surface area contributed by atoms with Crippen LogP contribution in [0.15, 0.2) is 18.2 Å². The highest BCUT2D eigenvalue weighted by Crippen LogP contribution is 2.26. The molecule has 0 atom stereocenters. The lowest BCUT2D eigenvalue weighted by Crippen LogP contribution is -2.21. The summed E-state index contributed by atoms with van der Waals surface area (Å²) < 4.78 is 13.2. The van der Waals surface area contributed by atoms with Crippen LogP contribution in [0.5, 0.6) is 0 Å². The van der Waals surface area contributed by atoms with Crippen molar-refractivity contribution in [1.82, 2.24) is 0 Å². The lowest BCUT2D eigenvalue weighted by Gasteiger charge is -2.23. The Bertz CT molecular complexity index is 530. The SMILES string of the molecule is CC(C)(CCN)CCC(=O)Nc1cc(F)ccc1C(=O)O. The summed E-state index contributed by atoms with van der Waals surface area (Å²) in [6.07, 6.45) is 1.64. The number of carboxylic acids is 1. The van der Waals surface area contributed by atoms with Gasteiger partial charge in [0.2, 0.25) is 5.91 Å². The van der Waals surface area contributed by atoms with Crippen LogP contribution in [-0.2, 0) is 4.79 Å². The second-order valence-corrected chi connectivity index (χ2v) is 5.75. The van der Waals surface area contributed by atoms with Crippen LogP contribution in [-0.4, -0.2) is 23.5 Å². The third kappa shape index (κ3) is 5.51. The largest absolute Gasteiger partial charge is 0.478 e. The van der Waals surface area contributed by atoms with Crippen molar-refractivity contribution in [2.45, 2.75) is 33.1 Å². The molecule has 0 spiro atoms. The highest BCUT2D eigenvalue weighted by Gasteiger charge is 2.19. The molecule has 0 aliphatic heterocycles. The molecule has 0 saturated carbocycles. The van der Waals surface area contributed by atoms with Crippen molar-refractivity contribution >= 4 is 17.6 Å². The number of carbonyl (C=O) groups is 2. The van der Waals surface area contributed by atoms with E-state index in [0.29, 0.717) is 13.0 Å². The maximum atomic E-state index is 13.2. The van der Waals surface area contributed by atoms with Gasteiger partial charge in [0.15, 0.2) is 0 Å². The fraction of sp³-hybridized carbons (Fsp3) is 0.467. The summed E-state index contributed by atoms with van der Waals surface area (Å²) in [5, 5.41) is 11.5. The van der Waals surface area contributed by atoms with Gasteiger partial charge in [-0.1, -0.05) is 13.8 Å². The molecule has 0 aliphatic carbocycles. The zero-order chi connectivity index (χ0) is 16.0. The molecule has 0 saturated heterocycles. The standard InChI is InChI=1S/C15H21FN2O3/c1-15(2,7-8-17)6-5-13(19)18-12-9-10(16)3-4-11(12)14(20)21/h3-4,9H,5-8,17H2,1-2H3,(H,18,19)(H,20,21). The van der Waals surface area contributed by atoms with Crippen LogP contribution in [0.1, 0.15) is 43.5 Å². The van der Waals surface area contributed by atoms with Gasteiger partial charge < -0.3 is 16.2 Å². The molecule has 0 unspecified atom stereocenters. The second kappa shape index (κ2) is 7.17. The number of nitrogens with two attached hydrogens (primary N) is 1. The molecule has 1 amide bonds. The Labute approximate surface area is 123 Å². The number of rotatable bonds is 7. The molecule has 0 aliphatic rings. The molecule has 0 aromatic heterocycles. The summed E-state index contributed by atoms with van der Waals surface area (Å²) >= 11 is 0. The predicted molar refractivity (Wildman–Crippen MR) is 78.7 cm³/mol. The summed E-state index contributed by atoms with van der Waals surface area (Å²) in [7, 11) is 0. The number of aromatic carboxylic acids is 1. The summed E-state index contributed by atoms with van der Waals surface area (Å²) in [6, 6.07) is 3.18. The first kappa shape index (κ1) is 17.1. The number of halogens is 1. The number of hydrogen-bond donors (Lipinski definition) is 3. The molecular formula is C15H21FN2O3. The zero-order valence-electron chi connectivity index (χ0n) is 12.3. The molecule has 6 heteroatoms. The highest BCUT2D eigenvalue weighted by atomic mass is 19.1. The number of nitrogens with one attached hydrogen (secondary N) is 1. The number of benzene rings is 1. The van der Waals surface area contributed by atoms with Crippen LogP contribution in [0, 0.1) is 11.2 Å². The predicted octanol–water partition coefficient (Wildman–Crippen LogP) is 2.62. The highest BCUT2D eigenvalue weighted by molar-refractivity contribution is 6.00. The molecule has 1 aromatic carbocycles. The second-order valence-electron chi connectivity index (χ2n) is 5.75. The first-order chi connectivity index (χ1) is 9.75. The van der Waals surface area contributed by atoms with Gasteiger partial charge in [0.25, 0.3) is 0 Å². The molecule has 116 valence electrons. The van der Waals surface area contributed by atoms with E-state index in [0.717, 1.165) is 24.6 Å². The van der Waals surface area contributed by atoms with Crippen molar-refractivity contribution < 1.29 is 19.1 Å². The Morgan fingerprint density at radius 1 is 1.33 bits per heavy atom. The molecule has 4 N–H and O–H groups in total. The van der Waals surface area contributed by atoms with Gasteiger partial charge in [-0.15, -0.1) is 0 Å². The normalized spacial score (nSPS) is 11.2. The summed E-state index contributed by atoms with van der Waals surface area (Å²) in [6.45, 7) is 4.57. The van der Waals surface area contributed by atoms with E-state index in [-0.39, 0.29) is 29.0 Å². The van der Waals surface area contributed by atoms with Crippen molar-refractivity contribution in [3.8, 4) is 0 Å². The summed E-state index contributed by atoms with van der Waals surface area (Å²) in [4.78, 5) is 22.9. The van der Waals surface area contributed by atoms with Gasteiger partial charge >= 0.3 is 5.97 Å². The van der Waals surface area contributed by atoms with Gasteiger partial charge in [-0.2, -0.15) is 0 Å². The smallest absolute Gasteiger partial charge is 0.337 e. The molecule has 0 heterocycles. The average Bonchev–Trinajstić information content (AvgIpc) is 2.36. The topological polar surface area (TPSA) is 92.4 Å². The molecule has 1 rings (SSSR count). The number of carbonyl (C=O) groups excluding carboxylic acids is 1. The summed E-state index contributed by atoms with van der Waals surface area (Å²) in [5.74, 6) is -2.15. The Kier molecular flexibility index (Phi) is 5.84. The average molecular weight is 296 g/mol. The molecule has 21 heavy (non-hydrogen) atoms. The van der Waals surface area contributed by atoms with E-state index < -0.39 is 11.8 Å². The van der Waals surface area contributed by atoms with Gasteiger partial charge in [0.1, 0.15) is 5.82 Å². The van der Waals surface area contributed by atoms with Crippen molar-refractivity contribution in [2.24, 2.45) is 11.1 Å². The maximum Gasteiger partial charge on any atom is 0.337 e. The van der Waals surface area contributed by atoms with Crippen LogP contribution < -0.4 is 11.1 Å². The van der Waals surface area contributed by atoms with E-state index >= 15 is 0 Å². The Balaban J connectivity index is 2.71. The number of anilines is 1. The quantitative estimate of drug-likeness (QED) is 0.721. The van der Waals surface area contributed by atoms with Crippen LogP contribution in [0.3, 0.4) is 0 Å². The third-order valence-electron chi connectivity index (χ3n) is 3.34. The number of amides is 1. The van der Waals surface area contributed by atoms with Gasteiger partial charge in [-0.25, -0.2) is 9.18 Å². The van der Waals surface area contributed by atoms with Crippen molar-refractivity contribution in [3.05, 3.63) is 29.6 Å². The minimum absolute atomic E-state index is 0.0240. The van der Waals surface area contributed by atoms with Crippen molar-refractivity contribution in [3.63, 3.8) is 0 Å². The minimum Gasteiger partial charge on any atom is -0.478 e. The molecule has 5 nitrogen and oxygen atoms in total. The van der Waals surface area contributed by atoms with Gasteiger partial charge in [-0.05, 0) is 43.0 Å².